The van der Waals surface area contributed by atoms with Crippen molar-refractivity contribution in [2.75, 3.05) is 24.5 Å². The van der Waals surface area contributed by atoms with Crippen LogP contribution in [0.4, 0.5) is 5.82 Å². The number of piperazine rings is 1. The molecule has 1 aromatic carbocycles. The van der Waals surface area contributed by atoms with Crippen LogP contribution in [0.2, 0.25) is 5.02 Å². The summed E-state index contributed by atoms with van der Waals surface area (Å²) in [6, 6.07) is 5.27. The highest BCUT2D eigenvalue weighted by atomic mass is 79.9. The van der Waals surface area contributed by atoms with Crippen molar-refractivity contribution in [3.05, 3.63) is 40.6 Å². The van der Waals surface area contributed by atoms with E-state index < -0.39 is 6.04 Å². The second kappa shape index (κ2) is 6.75. The normalized spacial score (nSPS) is 17.6. The summed E-state index contributed by atoms with van der Waals surface area (Å²) in [5.74, 6) is 0.492. The predicted molar refractivity (Wildman–Crippen MR) is 95.8 cm³/mol. The predicted octanol–water partition coefficient (Wildman–Crippen LogP) is 2.77. The topological polar surface area (TPSA) is 73.1 Å². The van der Waals surface area contributed by atoms with E-state index in [2.05, 4.69) is 38.5 Å². The van der Waals surface area contributed by atoms with Crippen molar-refractivity contribution in [2.24, 2.45) is 0 Å². The third-order valence-corrected chi connectivity index (χ3v) is 5.14. The van der Waals surface area contributed by atoms with E-state index in [1.807, 2.05) is 11.0 Å². The summed E-state index contributed by atoms with van der Waals surface area (Å²) in [5.41, 5.74) is 0.728. The van der Waals surface area contributed by atoms with Gasteiger partial charge in [-0.05, 0) is 34.1 Å². The Bertz CT molecular complexity index is 865. The number of carbonyl (C=O) groups is 1. The number of benzene rings is 1. The lowest BCUT2D eigenvalue weighted by atomic mass is 10.1. The summed E-state index contributed by atoms with van der Waals surface area (Å²) in [5, 5.41) is 10.8. The van der Waals surface area contributed by atoms with Crippen LogP contribution in [0, 0.1) is 11.3 Å². The van der Waals surface area contributed by atoms with Crippen molar-refractivity contribution in [3.8, 4) is 6.07 Å². The summed E-state index contributed by atoms with van der Waals surface area (Å²) in [6.45, 7) is 4.87. The van der Waals surface area contributed by atoms with E-state index in [4.69, 9.17) is 11.6 Å². The number of hydrogen-bond acceptors (Lipinski definition) is 5. The average molecular weight is 407 g/mol. The number of aromatic nitrogens is 2. The highest BCUT2D eigenvalue weighted by Crippen LogP contribution is 2.32. The van der Waals surface area contributed by atoms with Gasteiger partial charge in [-0.3, -0.25) is 4.79 Å². The zero-order valence-electron chi connectivity index (χ0n) is 12.6. The van der Waals surface area contributed by atoms with Crippen molar-refractivity contribution < 1.29 is 4.79 Å². The van der Waals surface area contributed by atoms with Crippen LogP contribution in [0.5, 0.6) is 0 Å². The molecule has 0 bridgehead atoms. The van der Waals surface area contributed by atoms with Crippen LogP contribution < -0.4 is 4.90 Å². The Morgan fingerprint density at radius 2 is 2.25 bits per heavy atom. The van der Waals surface area contributed by atoms with Crippen molar-refractivity contribution >= 4 is 50.2 Å². The number of halogens is 2. The first-order valence-corrected chi connectivity index (χ1v) is 8.39. The van der Waals surface area contributed by atoms with Crippen molar-refractivity contribution in [2.45, 2.75) is 6.04 Å². The van der Waals surface area contributed by atoms with Crippen LogP contribution in [0.25, 0.3) is 10.9 Å². The standard InChI is InChI=1S/C16H13BrClN5O/c1-2-15(24)23-4-3-22(8-10(23)7-19)16-11-5-12(17)13(18)6-14(11)20-9-21-16/h2,5-6,9-10H,1,3-4,8H2. The molecule has 1 aliphatic rings. The lowest BCUT2D eigenvalue weighted by molar-refractivity contribution is -0.127. The van der Waals surface area contributed by atoms with Gasteiger partial charge in [-0.15, -0.1) is 0 Å². The highest BCUT2D eigenvalue weighted by molar-refractivity contribution is 9.10. The number of fused-ring (bicyclic) bond motifs is 1. The molecule has 2 aromatic rings. The molecule has 2 heterocycles. The lowest BCUT2D eigenvalue weighted by Crippen LogP contribution is -2.54. The molecule has 0 N–H and O–H groups in total. The first kappa shape index (κ1) is 16.7. The van der Waals surface area contributed by atoms with Gasteiger partial charge in [-0.2, -0.15) is 5.26 Å². The maximum absolute atomic E-state index is 11.9. The van der Waals surface area contributed by atoms with Gasteiger partial charge in [-0.25, -0.2) is 9.97 Å². The Kier molecular flexibility index (Phi) is 4.69. The molecule has 6 nitrogen and oxygen atoms in total. The van der Waals surface area contributed by atoms with E-state index in [1.54, 1.807) is 6.07 Å². The summed E-state index contributed by atoms with van der Waals surface area (Å²) >= 11 is 9.54. The Hall–Kier alpha value is -2.17. The summed E-state index contributed by atoms with van der Waals surface area (Å²) in [4.78, 5) is 24.0. The van der Waals surface area contributed by atoms with Gasteiger partial charge in [0.2, 0.25) is 5.91 Å². The fraction of sp³-hybridized carbons (Fsp3) is 0.250. The summed E-state index contributed by atoms with van der Waals surface area (Å²) in [6.07, 6.45) is 2.71. The fourth-order valence-corrected chi connectivity index (χ4v) is 3.26. The van der Waals surface area contributed by atoms with Gasteiger partial charge in [0.25, 0.3) is 0 Å². The molecule has 0 saturated carbocycles. The van der Waals surface area contributed by atoms with E-state index in [1.165, 1.54) is 17.3 Å². The second-order valence-electron chi connectivity index (χ2n) is 5.31. The largest absolute Gasteiger partial charge is 0.351 e. The van der Waals surface area contributed by atoms with Gasteiger partial charge >= 0.3 is 0 Å². The van der Waals surface area contributed by atoms with Crippen LogP contribution in [0.1, 0.15) is 0 Å². The number of carbonyl (C=O) groups excluding carboxylic acids is 1. The fourth-order valence-electron chi connectivity index (χ4n) is 2.76. The van der Waals surface area contributed by atoms with Gasteiger partial charge in [-0.1, -0.05) is 18.2 Å². The Labute approximate surface area is 152 Å². The molecule has 8 heteroatoms. The maximum Gasteiger partial charge on any atom is 0.247 e. The number of rotatable bonds is 2. The smallest absolute Gasteiger partial charge is 0.247 e. The third-order valence-electron chi connectivity index (χ3n) is 3.94. The minimum Gasteiger partial charge on any atom is -0.351 e. The minimum atomic E-state index is -0.551. The zero-order chi connectivity index (χ0) is 17.3. The van der Waals surface area contributed by atoms with Crippen LogP contribution in [0.15, 0.2) is 35.6 Å². The molecule has 0 aliphatic carbocycles. The molecule has 122 valence electrons. The summed E-state index contributed by atoms with van der Waals surface area (Å²) in [7, 11) is 0. The summed E-state index contributed by atoms with van der Waals surface area (Å²) < 4.78 is 0.755. The van der Waals surface area contributed by atoms with E-state index >= 15 is 0 Å². The molecule has 3 rings (SSSR count). The van der Waals surface area contributed by atoms with Gasteiger partial charge in [0, 0.05) is 22.9 Å². The molecule has 1 saturated heterocycles. The molecule has 24 heavy (non-hydrogen) atoms. The molecular weight excluding hydrogens is 394 g/mol. The van der Waals surface area contributed by atoms with Crippen LogP contribution in [-0.4, -0.2) is 46.5 Å². The molecule has 1 aliphatic heterocycles. The zero-order valence-corrected chi connectivity index (χ0v) is 15.0. The quantitative estimate of drug-likeness (QED) is 0.717. The number of nitriles is 1. The van der Waals surface area contributed by atoms with Crippen LogP contribution in [-0.2, 0) is 4.79 Å². The van der Waals surface area contributed by atoms with Crippen molar-refractivity contribution in [1.82, 2.24) is 14.9 Å². The lowest BCUT2D eigenvalue weighted by Gasteiger charge is -2.38. The Morgan fingerprint density at radius 3 is 2.96 bits per heavy atom. The Morgan fingerprint density at radius 1 is 1.46 bits per heavy atom. The average Bonchev–Trinajstić information content (AvgIpc) is 2.61. The number of amides is 1. The van der Waals surface area contributed by atoms with Gasteiger partial charge in [0.15, 0.2) is 0 Å². The minimum absolute atomic E-state index is 0.233. The van der Waals surface area contributed by atoms with Gasteiger partial charge < -0.3 is 9.80 Å². The second-order valence-corrected chi connectivity index (χ2v) is 6.57. The van der Waals surface area contributed by atoms with Gasteiger partial charge in [0.1, 0.15) is 18.2 Å². The molecule has 1 atom stereocenters. The van der Waals surface area contributed by atoms with Crippen molar-refractivity contribution in [1.29, 1.82) is 5.26 Å². The van der Waals surface area contributed by atoms with E-state index in [0.29, 0.717) is 24.7 Å². The van der Waals surface area contributed by atoms with Gasteiger partial charge in [0.05, 0.1) is 23.2 Å². The molecule has 1 aromatic heterocycles. The first-order chi connectivity index (χ1) is 11.5. The van der Waals surface area contributed by atoms with Crippen LogP contribution in [0.3, 0.4) is 0 Å². The monoisotopic (exact) mass is 405 g/mol. The number of nitrogens with zero attached hydrogens (tertiary/aromatic N) is 5. The number of anilines is 1. The molecule has 0 spiro atoms. The third kappa shape index (κ3) is 2.95. The molecular formula is C16H13BrClN5O. The Balaban J connectivity index is 1.97. The van der Waals surface area contributed by atoms with E-state index in [-0.39, 0.29) is 5.91 Å². The highest BCUT2D eigenvalue weighted by Gasteiger charge is 2.30. The molecule has 1 unspecified atom stereocenters. The van der Waals surface area contributed by atoms with E-state index in [9.17, 15) is 10.1 Å². The first-order valence-electron chi connectivity index (χ1n) is 7.22. The molecule has 1 amide bonds. The maximum atomic E-state index is 11.9. The van der Waals surface area contributed by atoms with Crippen LogP contribution >= 0.6 is 27.5 Å². The number of hydrogen-bond donors (Lipinski definition) is 0. The SMILES string of the molecule is C=CC(=O)N1CCN(c2ncnc3cc(Cl)c(Br)cc23)CC1C#N. The van der Waals surface area contributed by atoms with Crippen molar-refractivity contribution in [3.63, 3.8) is 0 Å². The molecule has 1 fully saturated rings. The van der Waals surface area contributed by atoms with E-state index in [0.717, 1.165) is 21.2 Å². The molecule has 0 radical (unpaired) electrons.